The van der Waals surface area contributed by atoms with Crippen molar-refractivity contribution in [2.45, 2.75) is 6.92 Å². The molecule has 2 aromatic rings. The van der Waals surface area contributed by atoms with Gasteiger partial charge in [-0.15, -0.1) is 10.2 Å². The zero-order valence-electron chi connectivity index (χ0n) is 9.55. The number of aryl methyl sites for hydroxylation is 1. The molecular formula is C12H10ClN3OS. The standard InChI is InChI=1S/C12H10ClN3OS/c1-8-15-16-12(18-8)14-11(17)7-4-9-2-5-10(13)6-3-9/h2-7H,1H3,(H,14,16,17). The molecule has 0 aliphatic carbocycles. The molecular weight excluding hydrogens is 270 g/mol. The second-order valence-electron chi connectivity index (χ2n) is 3.50. The van der Waals surface area contributed by atoms with Gasteiger partial charge in [0.05, 0.1) is 0 Å². The van der Waals surface area contributed by atoms with Gasteiger partial charge in [0.2, 0.25) is 11.0 Å². The summed E-state index contributed by atoms with van der Waals surface area (Å²) < 4.78 is 0. The van der Waals surface area contributed by atoms with Crippen molar-refractivity contribution >= 4 is 40.1 Å². The van der Waals surface area contributed by atoms with Gasteiger partial charge in [-0.05, 0) is 30.7 Å². The summed E-state index contributed by atoms with van der Waals surface area (Å²) >= 11 is 7.10. The van der Waals surface area contributed by atoms with E-state index >= 15 is 0 Å². The van der Waals surface area contributed by atoms with Crippen molar-refractivity contribution in [1.29, 1.82) is 0 Å². The summed E-state index contributed by atoms with van der Waals surface area (Å²) in [6.45, 7) is 1.83. The topological polar surface area (TPSA) is 54.9 Å². The highest BCUT2D eigenvalue weighted by Crippen LogP contribution is 2.14. The van der Waals surface area contributed by atoms with Gasteiger partial charge < -0.3 is 0 Å². The van der Waals surface area contributed by atoms with E-state index in [1.165, 1.54) is 17.4 Å². The van der Waals surface area contributed by atoms with Crippen LogP contribution in [0.25, 0.3) is 6.08 Å². The molecule has 1 amide bonds. The number of nitrogens with zero attached hydrogens (tertiary/aromatic N) is 2. The minimum Gasteiger partial charge on any atom is -0.297 e. The highest BCUT2D eigenvalue weighted by Gasteiger charge is 2.02. The predicted molar refractivity (Wildman–Crippen MR) is 73.8 cm³/mol. The van der Waals surface area contributed by atoms with E-state index in [0.717, 1.165) is 10.6 Å². The molecule has 18 heavy (non-hydrogen) atoms. The smallest absolute Gasteiger partial charge is 0.250 e. The Hall–Kier alpha value is -1.72. The maximum atomic E-state index is 11.6. The molecule has 0 radical (unpaired) electrons. The molecule has 0 aliphatic heterocycles. The Morgan fingerprint density at radius 3 is 2.67 bits per heavy atom. The number of amides is 1. The van der Waals surface area contributed by atoms with Gasteiger partial charge in [-0.3, -0.25) is 10.1 Å². The summed E-state index contributed by atoms with van der Waals surface area (Å²) in [7, 11) is 0. The number of aromatic nitrogens is 2. The maximum Gasteiger partial charge on any atom is 0.250 e. The molecule has 1 N–H and O–H groups in total. The normalized spacial score (nSPS) is 10.8. The first kappa shape index (κ1) is 12.7. The number of halogens is 1. The van der Waals surface area contributed by atoms with Crippen LogP contribution in [-0.4, -0.2) is 16.1 Å². The molecule has 4 nitrogen and oxygen atoms in total. The van der Waals surface area contributed by atoms with Gasteiger partial charge in [0.1, 0.15) is 5.01 Å². The summed E-state index contributed by atoms with van der Waals surface area (Å²) in [6, 6.07) is 7.21. The Labute approximate surface area is 113 Å². The number of hydrogen-bond acceptors (Lipinski definition) is 4. The largest absolute Gasteiger partial charge is 0.297 e. The van der Waals surface area contributed by atoms with Crippen LogP contribution >= 0.6 is 22.9 Å². The van der Waals surface area contributed by atoms with Gasteiger partial charge in [0, 0.05) is 11.1 Å². The number of benzene rings is 1. The molecule has 2 rings (SSSR count). The van der Waals surface area contributed by atoms with Crippen LogP contribution in [0.5, 0.6) is 0 Å². The molecule has 1 heterocycles. The molecule has 0 bridgehead atoms. The molecule has 1 aromatic carbocycles. The van der Waals surface area contributed by atoms with Crippen LogP contribution in [0.1, 0.15) is 10.6 Å². The molecule has 0 atom stereocenters. The Morgan fingerprint density at radius 2 is 2.06 bits per heavy atom. The van der Waals surface area contributed by atoms with Gasteiger partial charge in [-0.25, -0.2) is 0 Å². The van der Waals surface area contributed by atoms with Crippen molar-refractivity contribution in [3.63, 3.8) is 0 Å². The Bertz CT molecular complexity index is 577. The van der Waals surface area contributed by atoms with Crippen LogP contribution in [-0.2, 0) is 4.79 Å². The highest BCUT2D eigenvalue weighted by molar-refractivity contribution is 7.15. The zero-order chi connectivity index (χ0) is 13.0. The molecule has 0 unspecified atom stereocenters. The van der Waals surface area contributed by atoms with Crippen LogP contribution in [0.4, 0.5) is 5.13 Å². The summed E-state index contributed by atoms with van der Waals surface area (Å²) in [5.41, 5.74) is 0.906. The Morgan fingerprint density at radius 1 is 1.33 bits per heavy atom. The molecule has 0 saturated carbocycles. The van der Waals surface area contributed by atoms with E-state index in [9.17, 15) is 4.79 Å². The Balaban J connectivity index is 1.96. The van der Waals surface area contributed by atoms with E-state index < -0.39 is 0 Å². The third kappa shape index (κ3) is 3.65. The highest BCUT2D eigenvalue weighted by atomic mass is 35.5. The molecule has 6 heteroatoms. The fraction of sp³-hybridized carbons (Fsp3) is 0.0833. The molecule has 0 saturated heterocycles. The maximum absolute atomic E-state index is 11.6. The first-order chi connectivity index (χ1) is 8.63. The van der Waals surface area contributed by atoms with E-state index in [1.54, 1.807) is 18.2 Å². The number of carbonyl (C=O) groups excluding carboxylic acids is 1. The lowest BCUT2D eigenvalue weighted by molar-refractivity contribution is -0.111. The van der Waals surface area contributed by atoms with Crippen molar-refractivity contribution < 1.29 is 4.79 Å². The van der Waals surface area contributed by atoms with E-state index in [0.29, 0.717) is 10.2 Å². The molecule has 0 fully saturated rings. The van der Waals surface area contributed by atoms with Crippen LogP contribution in [0, 0.1) is 6.92 Å². The average Bonchev–Trinajstić information content (AvgIpc) is 2.74. The second-order valence-corrected chi connectivity index (χ2v) is 5.12. The first-order valence-electron chi connectivity index (χ1n) is 5.18. The van der Waals surface area contributed by atoms with E-state index in [-0.39, 0.29) is 5.91 Å². The summed E-state index contributed by atoms with van der Waals surface area (Å²) in [4.78, 5) is 11.6. The minimum absolute atomic E-state index is 0.235. The van der Waals surface area contributed by atoms with Crippen LogP contribution in [0.15, 0.2) is 30.3 Å². The lowest BCUT2D eigenvalue weighted by atomic mass is 10.2. The molecule has 0 aliphatic rings. The third-order valence-electron chi connectivity index (χ3n) is 2.05. The predicted octanol–water partition coefficient (Wildman–Crippen LogP) is 3.15. The van der Waals surface area contributed by atoms with Crippen LogP contribution in [0.3, 0.4) is 0 Å². The van der Waals surface area contributed by atoms with Crippen molar-refractivity contribution in [2.24, 2.45) is 0 Å². The van der Waals surface area contributed by atoms with Gasteiger partial charge in [0.15, 0.2) is 0 Å². The zero-order valence-corrected chi connectivity index (χ0v) is 11.1. The monoisotopic (exact) mass is 279 g/mol. The van der Waals surface area contributed by atoms with Crippen LogP contribution in [0.2, 0.25) is 5.02 Å². The van der Waals surface area contributed by atoms with Gasteiger partial charge in [-0.2, -0.15) is 0 Å². The van der Waals surface area contributed by atoms with Crippen molar-refractivity contribution in [3.8, 4) is 0 Å². The Kier molecular flexibility index (Phi) is 4.07. The number of nitrogens with one attached hydrogen (secondary N) is 1. The van der Waals surface area contributed by atoms with Gasteiger partial charge >= 0.3 is 0 Å². The number of hydrogen-bond donors (Lipinski definition) is 1. The molecule has 1 aromatic heterocycles. The van der Waals surface area contributed by atoms with Gasteiger partial charge in [-0.1, -0.05) is 35.1 Å². The van der Waals surface area contributed by atoms with Crippen LogP contribution < -0.4 is 5.32 Å². The average molecular weight is 280 g/mol. The fourth-order valence-corrected chi connectivity index (χ4v) is 1.96. The van der Waals surface area contributed by atoms with Crippen molar-refractivity contribution in [2.75, 3.05) is 5.32 Å². The lowest BCUT2D eigenvalue weighted by Crippen LogP contribution is -2.07. The quantitative estimate of drug-likeness (QED) is 0.878. The number of rotatable bonds is 3. The fourth-order valence-electron chi connectivity index (χ4n) is 1.24. The number of anilines is 1. The SMILES string of the molecule is Cc1nnc(NC(=O)C=Cc2ccc(Cl)cc2)s1. The van der Waals surface area contributed by atoms with Gasteiger partial charge in [0.25, 0.3) is 0 Å². The van der Waals surface area contributed by atoms with E-state index in [4.69, 9.17) is 11.6 Å². The van der Waals surface area contributed by atoms with Crippen molar-refractivity contribution in [3.05, 3.63) is 45.9 Å². The van der Waals surface area contributed by atoms with E-state index in [2.05, 4.69) is 15.5 Å². The minimum atomic E-state index is -0.235. The second kappa shape index (κ2) is 5.75. The first-order valence-corrected chi connectivity index (χ1v) is 6.38. The number of carbonyl (C=O) groups is 1. The van der Waals surface area contributed by atoms with Crippen molar-refractivity contribution in [1.82, 2.24) is 10.2 Å². The molecule has 0 spiro atoms. The summed E-state index contributed by atoms with van der Waals surface area (Å²) in [5, 5.41) is 12.2. The van der Waals surface area contributed by atoms with E-state index in [1.807, 2.05) is 19.1 Å². The third-order valence-corrected chi connectivity index (χ3v) is 3.06. The lowest BCUT2D eigenvalue weighted by Gasteiger charge is -1.95. The summed E-state index contributed by atoms with van der Waals surface area (Å²) in [6.07, 6.45) is 3.15. The summed E-state index contributed by atoms with van der Waals surface area (Å²) in [5.74, 6) is -0.235. The molecule has 92 valence electrons.